The van der Waals surface area contributed by atoms with Crippen LogP contribution in [0.2, 0.25) is 5.15 Å². The van der Waals surface area contributed by atoms with Gasteiger partial charge in [0.1, 0.15) is 23.6 Å². The minimum absolute atomic E-state index is 0.0134. The molecule has 0 radical (unpaired) electrons. The Balaban J connectivity index is 1.28. The lowest BCUT2D eigenvalue weighted by molar-refractivity contribution is -0.139. The van der Waals surface area contributed by atoms with Crippen molar-refractivity contribution >= 4 is 46.0 Å². The molecule has 2 aliphatic carbocycles. The number of hydrogen-bond donors (Lipinski definition) is 2. The number of benzene rings is 1. The third-order valence-corrected chi connectivity index (χ3v) is 7.95. The minimum Gasteiger partial charge on any atom is -0.364 e. The molecule has 186 valence electrons. The average molecular weight is 507 g/mol. The van der Waals surface area contributed by atoms with Crippen LogP contribution in [0.4, 0.5) is 5.82 Å². The molecule has 3 N–H and O–H groups in total. The Morgan fingerprint density at radius 2 is 1.94 bits per heavy atom. The Hall–Kier alpha value is -3.46. The van der Waals surface area contributed by atoms with E-state index in [4.69, 9.17) is 17.3 Å². The lowest BCUT2D eigenvalue weighted by Gasteiger charge is -2.29. The van der Waals surface area contributed by atoms with Crippen LogP contribution in [0.15, 0.2) is 36.4 Å². The number of carbonyl (C=O) groups is 3. The number of anilines is 1. The van der Waals surface area contributed by atoms with Gasteiger partial charge in [-0.1, -0.05) is 30.2 Å². The SMILES string of the molecule is NC(=O)c1nn(CC(=O)N2[C@H](C(=O)Nc3cccc(Cl)n3)C[C@@H]3CCC[C@@H]32)c2ccc(C3CC3)cc12. The highest BCUT2D eigenvalue weighted by Crippen LogP contribution is 2.43. The number of amides is 3. The number of halogens is 1. The fourth-order valence-corrected chi connectivity index (χ4v) is 6.11. The molecule has 1 saturated heterocycles. The molecule has 3 amide bonds. The van der Waals surface area contributed by atoms with Gasteiger partial charge in [-0.3, -0.25) is 19.1 Å². The maximum atomic E-state index is 13.7. The van der Waals surface area contributed by atoms with Crippen LogP contribution in [-0.4, -0.2) is 49.5 Å². The van der Waals surface area contributed by atoms with E-state index in [1.54, 1.807) is 27.8 Å². The third kappa shape index (κ3) is 4.11. The van der Waals surface area contributed by atoms with Crippen molar-refractivity contribution in [2.75, 3.05) is 5.32 Å². The summed E-state index contributed by atoms with van der Waals surface area (Å²) in [5.74, 6) is 0.0565. The molecule has 1 aliphatic heterocycles. The van der Waals surface area contributed by atoms with Gasteiger partial charge in [-0.15, -0.1) is 0 Å². The van der Waals surface area contributed by atoms with Crippen LogP contribution in [0.5, 0.6) is 0 Å². The molecule has 3 heterocycles. The summed E-state index contributed by atoms with van der Waals surface area (Å²) >= 11 is 5.97. The highest BCUT2D eigenvalue weighted by atomic mass is 35.5. The minimum atomic E-state index is -0.623. The van der Waals surface area contributed by atoms with E-state index in [0.29, 0.717) is 29.1 Å². The predicted octanol–water partition coefficient (Wildman–Crippen LogP) is 3.47. The van der Waals surface area contributed by atoms with Crippen molar-refractivity contribution in [3.8, 4) is 0 Å². The van der Waals surface area contributed by atoms with E-state index >= 15 is 0 Å². The number of primary amides is 1. The molecule has 6 rings (SSSR count). The molecular weight excluding hydrogens is 480 g/mol. The van der Waals surface area contributed by atoms with Crippen molar-refractivity contribution in [1.82, 2.24) is 19.7 Å². The largest absolute Gasteiger partial charge is 0.364 e. The average Bonchev–Trinajstić information content (AvgIpc) is 3.33. The van der Waals surface area contributed by atoms with E-state index < -0.39 is 11.9 Å². The molecule has 3 fully saturated rings. The molecule has 2 saturated carbocycles. The molecule has 2 aromatic heterocycles. The second-order valence-corrected chi connectivity index (χ2v) is 10.5. The van der Waals surface area contributed by atoms with Gasteiger partial charge < -0.3 is 16.0 Å². The molecule has 3 aliphatic rings. The van der Waals surface area contributed by atoms with Crippen molar-refractivity contribution in [2.24, 2.45) is 11.7 Å². The lowest BCUT2D eigenvalue weighted by Crippen LogP contribution is -2.48. The highest BCUT2D eigenvalue weighted by molar-refractivity contribution is 6.29. The van der Waals surface area contributed by atoms with E-state index in [1.807, 2.05) is 18.2 Å². The van der Waals surface area contributed by atoms with Gasteiger partial charge in [0.2, 0.25) is 11.8 Å². The zero-order valence-electron chi connectivity index (χ0n) is 19.7. The van der Waals surface area contributed by atoms with Crippen molar-refractivity contribution in [1.29, 1.82) is 0 Å². The Morgan fingerprint density at radius 1 is 1.11 bits per heavy atom. The van der Waals surface area contributed by atoms with Gasteiger partial charge in [0, 0.05) is 11.4 Å². The summed E-state index contributed by atoms with van der Waals surface area (Å²) in [5, 5.41) is 8.20. The van der Waals surface area contributed by atoms with E-state index in [0.717, 1.165) is 37.7 Å². The van der Waals surface area contributed by atoms with Crippen LogP contribution < -0.4 is 11.1 Å². The number of carbonyl (C=O) groups excluding carboxylic acids is 3. The summed E-state index contributed by atoms with van der Waals surface area (Å²) in [5.41, 5.74) is 7.64. The van der Waals surface area contributed by atoms with E-state index in [9.17, 15) is 14.4 Å². The first-order chi connectivity index (χ1) is 17.4. The summed E-state index contributed by atoms with van der Waals surface area (Å²) in [7, 11) is 0. The van der Waals surface area contributed by atoms with Gasteiger partial charge in [-0.25, -0.2) is 4.98 Å². The molecule has 0 spiro atoms. The number of fused-ring (bicyclic) bond motifs is 2. The second-order valence-electron chi connectivity index (χ2n) is 10.1. The number of pyridine rings is 1. The van der Waals surface area contributed by atoms with Gasteiger partial charge in [0.05, 0.1) is 5.52 Å². The van der Waals surface area contributed by atoms with Crippen LogP contribution in [0.25, 0.3) is 10.9 Å². The molecule has 9 nitrogen and oxygen atoms in total. The molecular formula is C26H27ClN6O3. The molecule has 10 heteroatoms. The van der Waals surface area contributed by atoms with Crippen molar-refractivity contribution in [3.05, 3.63) is 52.8 Å². The smallest absolute Gasteiger partial charge is 0.269 e. The molecule has 3 aromatic rings. The molecule has 0 bridgehead atoms. The quantitative estimate of drug-likeness (QED) is 0.495. The Bertz CT molecular complexity index is 1380. The number of nitrogens with two attached hydrogens (primary N) is 1. The Kier molecular flexibility index (Phi) is 5.67. The maximum absolute atomic E-state index is 13.7. The van der Waals surface area contributed by atoms with Crippen LogP contribution in [0, 0.1) is 5.92 Å². The molecule has 3 atom stereocenters. The van der Waals surface area contributed by atoms with Gasteiger partial charge in [0.25, 0.3) is 5.91 Å². The first-order valence-electron chi connectivity index (χ1n) is 12.4. The van der Waals surface area contributed by atoms with Gasteiger partial charge in [-0.05, 0) is 73.8 Å². The molecule has 36 heavy (non-hydrogen) atoms. The van der Waals surface area contributed by atoms with Crippen molar-refractivity contribution in [3.63, 3.8) is 0 Å². The number of nitrogens with zero attached hydrogens (tertiary/aromatic N) is 4. The standard InChI is InChI=1S/C26H27ClN6O3/c27-21-5-2-6-22(29-21)30-26(36)20-12-16-3-1-4-18(16)33(20)23(34)13-32-19-10-9-15(14-7-8-14)11-17(19)24(31-32)25(28)35/h2,5-6,9-11,14,16,18,20H,1,3-4,7-8,12-13H2,(H2,28,35)(H,29,30,36)/t16-,18-,20-/m0/s1. The van der Waals surface area contributed by atoms with Crippen LogP contribution in [0.1, 0.15) is 60.5 Å². The van der Waals surface area contributed by atoms with Crippen LogP contribution in [0.3, 0.4) is 0 Å². The topological polar surface area (TPSA) is 123 Å². The van der Waals surface area contributed by atoms with Gasteiger partial charge in [0.15, 0.2) is 5.69 Å². The molecule has 1 aromatic carbocycles. The number of hydrogen-bond acceptors (Lipinski definition) is 5. The van der Waals surface area contributed by atoms with E-state index in [1.165, 1.54) is 0 Å². The van der Waals surface area contributed by atoms with Gasteiger partial charge >= 0.3 is 0 Å². The van der Waals surface area contributed by atoms with Crippen LogP contribution >= 0.6 is 11.6 Å². The Labute approximate surface area is 213 Å². The number of likely N-dealkylation sites (tertiary alicyclic amines) is 1. The first-order valence-corrected chi connectivity index (χ1v) is 12.8. The highest BCUT2D eigenvalue weighted by Gasteiger charge is 2.48. The first kappa shape index (κ1) is 23.0. The summed E-state index contributed by atoms with van der Waals surface area (Å²) < 4.78 is 1.55. The fourth-order valence-electron chi connectivity index (χ4n) is 5.95. The number of nitrogens with one attached hydrogen (secondary N) is 1. The summed E-state index contributed by atoms with van der Waals surface area (Å²) in [6.45, 7) is -0.0744. The number of aromatic nitrogens is 3. The predicted molar refractivity (Wildman–Crippen MR) is 134 cm³/mol. The van der Waals surface area contributed by atoms with E-state index in [-0.39, 0.29) is 41.2 Å². The van der Waals surface area contributed by atoms with Crippen molar-refractivity contribution < 1.29 is 14.4 Å². The molecule has 0 unspecified atom stereocenters. The maximum Gasteiger partial charge on any atom is 0.269 e. The normalized spacial score (nSPS) is 23.1. The van der Waals surface area contributed by atoms with Crippen LogP contribution in [-0.2, 0) is 16.1 Å². The lowest BCUT2D eigenvalue weighted by atomic mass is 10.0. The van der Waals surface area contributed by atoms with E-state index in [2.05, 4.69) is 15.4 Å². The second kappa shape index (κ2) is 8.89. The van der Waals surface area contributed by atoms with Crippen molar-refractivity contribution in [2.45, 2.75) is 63.1 Å². The Morgan fingerprint density at radius 3 is 2.69 bits per heavy atom. The summed E-state index contributed by atoms with van der Waals surface area (Å²) in [6.07, 6.45) is 5.77. The third-order valence-electron chi connectivity index (χ3n) is 7.74. The summed E-state index contributed by atoms with van der Waals surface area (Å²) in [6, 6.07) is 10.3. The fraction of sp³-hybridized carbons (Fsp3) is 0.423. The number of rotatable bonds is 6. The summed E-state index contributed by atoms with van der Waals surface area (Å²) in [4.78, 5) is 45.0. The zero-order valence-corrected chi connectivity index (χ0v) is 20.4. The monoisotopic (exact) mass is 506 g/mol. The van der Waals surface area contributed by atoms with Gasteiger partial charge in [-0.2, -0.15) is 5.10 Å². The zero-order chi connectivity index (χ0) is 25.0.